The number of rotatable bonds is 13. The van der Waals surface area contributed by atoms with Crippen molar-refractivity contribution in [3.8, 4) is 16.9 Å². The summed E-state index contributed by atoms with van der Waals surface area (Å²) in [5.74, 6) is -0.229. The van der Waals surface area contributed by atoms with Gasteiger partial charge in [-0.25, -0.2) is 4.79 Å². The number of aromatic hydroxyl groups is 1. The molecule has 1 aromatic heterocycles. The van der Waals surface area contributed by atoms with E-state index in [-0.39, 0.29) is 41.8 Å². The van der Waals surface area contributed by atoms with E-state index in [9.17, 15) is 24.6 Å². The Morgan fingerprint density at radius 2 is 1.69 bits per heavy atom. The zero-order valence-corrected chi connectivity index (χ0v) is 31.3. The number of carbonyl (C=O) groups excluding carboxylic acids is 2. The SMILES string of the molecule is C[N+]1(C)CCC(OC(=O)Nc2cc(CCCC(=O)Nc3ccc(CNC[C@@H](O)c4ccc(O)c5[nH]c(=O)ccc45)cc3Cl)ccc2-c2ccccc2)CC1. The number of pyridine rings is 1. The van der Waals surface area contributed by atoms with Crippen molar-refractivity contribution in [1.29, 1.82) is 0 Å². The molecular weight excluding hydrogens is 706 g/mol. The van der Waals surface area contributed by atoms with Crippen LogP contribution in [0.2, 0.25) is 5.02 Å². The fourth-order valence-electron chi connectivity index (χ4n) is 6.82. The van der Waals surface area contributed by atoms with E-state index < -0.39 is 12.2 Å². The van der Waals surface area contributed by atoms with Gasteiger partial charge in [-0.2, -0.15) is 0 Å². The molecule has 1 aliphatic heterocycles. The van der Waals surface area contributed by atoms with Crippen LogP contribution in [0.3, 0.4) is 0 Å². The van der Waals surface area contributed by atoms with Gasteiger partial charge in [0, 0.05) is 49.4 Å². The topological polar surface area (TPSA) is 153 Å². The number of hydrogen-bond acceptors (Lipinski definition) is 7. The molecule has 1 fully saturated rings. The Kier molecular flexibility index (Phi) is 12.3. The third-order valence-electron chi connectivity index (χ3n) is 9.90. The molecule has 0 bridgehead atoms. The predicted molar refractivity (Wildman–Crippen MR) is 213 cm³/mol. The Labute approximate surface area is 319 Å². The number of phenols is 1. The second-order valence-electron chi connectivity index (χ2n) is 14.5. The van der Waals surface area contributed by atoms with Gasteiger partial charge in [0.2, 0.25) is 11.5 Å². The molecule has 6 N–H and O–H groups in total. The Balaban J connectivity index is 0.996. The lowest BCUT2D eigenvalue weighted by Gasteiger charge is -2.36. The minimum absolute atomic E-state index is 0.0671. The molecule has 4 aromatic carbocycles. The van der Waals surface area contributed by atoms with Crippen LogP contribution in [0.4, 0.5) is 16.2 Å². The Morgan fingerprint density at radius 3 is 2.44 bits per heavy atom. The van der Waals surface area contributed by atoms with E-state index in [4.69, 9.17) is 16.3 Å². The van der Waals surface area contributed by atoms with E-state index in [1.807, 2.05) is 54.6 Å². The van der Waals surface area contributed by atoms with Crippen LogP contribution >= 0.6 is 11.6 Å². The molecule has 0 unspecified atom stereocenters. The minimum Gasteiger partial charge on any atom is -0.506 e. The molecule has 12 heteroatoms. The van der Waals surface area contributed by atoms with Gasteiger partial charge in [-0.3, -0.25) is 14.9 Å². The number of ether oxygens (including phenoxy) is 1. The number of aromatic amines is 1. The number of nitrogens with one attached hydrogen (secondary N) is 4. The van der Waals surface area contributed by atoms with Gasteiger partial charge >= 0.3 is 6.09 Å². The average Bonchev–Trinajstić information content (AvgIpc) is 3.14. The lowest BCUT2D eigenvalue weighted by atomic mass is 9.99. The molecule has 6 rings (SSSR count). The number of anilines is 2. The van der Waals surface area contributed by atoms with E-state index in [1.54, 1.807) is 24.3 Å². The lowest BCUT2D eigenvalue weighted by molar-refractivity contribution is -0.896. The minimum atomic E-state index is -0.895. The third-order valence-corrected chi connectivity index (χ3v) is 10.2. The normalized spacial score (nSPS) is 14.7. The van der Waals surface area contributed by atoms with Gasteiger partial charge in [0.1, 0.15) is 11.9 Å². The summed E-state index contributed by atoms with van der Waals surface area (Å²) < 4.78 is 6.75. The van der Waals surface area contributed by atoms with Crippen molar-refractivity contribution in [1.82, 2.24) is 10.3 Å². The van der Waals surface area contributed by atoms with Crippen LogP contribution in [0.5, 0.6) is 5.75 Å². The molecule has 0 aliphatic carbocycles. The van der Waals surface area contributed by atoms with Gasteiger partial charge in [0.05, 0.1) is 55.2 Å². The van der Waals surface area contributed by atoms with Crippen LogP contribution in [-0.4, -0.2) is 71.5 Å². The quantitative estimate of drug-likeness (QED) is 0.0701. The molecular formula is C42H47ClN5O6+. The second kappa shape index (κ2) is 17.3. The summed E-state index contributed by atoms with van der Waals surface area (Å²) in [6.45, 7) is 2.55. The maximum Gasteiger partial charge on any atom is 0.411 e. The maximum atomic E-state index is 13.0. The molecule has 0 saturated carbocycles. The number of halogens is 1. The summed E-state index contributed by atoms with van der Waals surface area (Å²) in [7, 11) is 4.38. The monoisotopic (exact) mass is 752 g/mol. The van der Waals surface area contributed by atoms with Gasteiger partial charge in [-0.05, 0) is 65.4 Å². The molecule has 0 spiro atoms. The first-order chi connectivity index (χ1) is 25.9. The van der Waals surface area contributed by atoms with E-state index in [1.165, 1.54) is 12.1 Å². The van der Waals surface area contributed by atoms with Crippen molar-refractivity contribution in [2.45, 2.75) is 50.9 Å². The van der Waals surface area contributed by atoms with E-state index in [0.29, 0.717) is 46.7 Å². The Bertz CT molecular complexity index is 2160. The highest BCUT2D eigenvalue weighted by atomic mass is 35.5. The summed E-state index contributed by atoms with van der Waals surface area (Å²) in [6, 6.07) is 27.2. The average molecular weight is 753 g/mol. The number of likely N-dealkylation sites (tertiary alicyclic amines) is 1. The number of benzene rings is 4. The molecule has 1 aliphatic rings. The highest BCUT2D eigenvalue weighted by molar-refractivity contribution is 6.33. The maximum absolute atomic E-state index is 13.0. The van der Waals surface area contributed by atoms with Crippen LogP contribution < -0.4 is 21.5 Å². The molecule has 0 radical (unpaired) electrons. The molecule has 282 valence electrons. The first kappa shape index (κ1) is 38.5. The molecule has 1 atom stereocenters. The van der Waals surface area contributed by atoms with Crippen LogP contribution in [-0.2, 0) is 22.5 Å². The van der Waals surface area contributed by atoms with Gasteiger partial charge in [-0.15, -0.1) is 0 Å². The Morgan fingerprint density at radius 1 is 0.926 bits per heavy atom. The number of hydrogen-bond donors (Lipinski definition) is 6. The molecule has 5 aromatic rings. The number of fused-ring (bicyclic) bond motifs is 1. The van der Waals surface area contributed by atoms with Gasteiger partial charge < -0.3 is 35.1 Å². The van der Waals surface area contributed by atoms with Gasteiger partial charge in [-0.1, -0.05) is 66.2 Å². The number of quaternary nitrogens is 1. The number of piperidine rings is 1. The van der Waals surface area contributed by atoms with Gasteiger partial charge in [0.25, 0.3) is 0 Å². The van der Waals surface area contributed by atoms with Crippen LogP contribution in [0.1, 0.15) is 48.5 Å². The number of aryl methyl sites for hydroxylation is 1. The largest absolute Gasteiger partial charge is 0.506 e. The number of nitrogens with zero attached hydrogens (tertiary/aromatic N) is 1. The summed E-state index contributed by atoms with van der Waals surface area (Å²) in [5, 5.41) is 31.0. The van der Waals surface area contributed by atoms with E-state index in [0.717, 1.165) is 52.7 Å². The van der Waals surface area contributed by atoms with E-state index >= 15 is 0 Å². The lowest BCUT2D eigenvalue weighted by Crippen LogP contribution is -2.48. The zero-order valence-electron chi connectivity index (χ0n) is 30.5. The van der Waals surface area contributed by atoms with Crippen LogP contribution in [0.15, 0.2) is 95.8 Å². The summed E-state index contributed by atoms with van der Waals surface area (Å²) in [6.07, 6.45) is 1.70. The molecule has 2 heterocycles. The van der Waals surface area contributed by atoms with E-state index in [2.05, 4.69) is 35.0 Å². The van der Waals surface area contributed by atoms with Crippen molar-refractivity contribution in [2.75, 3.05) is 44.4 Å². The second-order valence-corrected chi connectivity index (χ2v) is 14.9. The molecule has 54 heavy (non-hydrogen) atoms. The Hall–Kier alpha value is -5.20. The first-order valence-corrected chi connectivity index (χ1v) is 18.6. The summed E-state index contributed by atoms with van der Waals surface area (Å²) >= 11 is 6.54. The third kappa shape index (κ3) is 10.1. The standard InChI is InChI=1S/C42H46ClN5O6/c1-48(2)21-19-30(20-22-48)54-42(53)46-36-24-27(11-13-31(36)29-8-4-3-5-9-29)7-6-10-39(51)45-35-16-12-28(23-34(35)43)25-44-26-38(50)32-14-17-37(49)41-33(32)15-18-40(52)47-41/h3-5,8-9,11-18,23-24,30,38,44,50H,6-7,10,19-22,25-26H2,1-2H3,(H3-,45,46,47,49,51,52,53)/p+1/t38-/m1/s1. The molecule has 2 amide bonds. The van der Waals surface area contributed by atoms with Gasteiger partial charge in [0.15, 0.2) is 0 Å². The number of aliphatic hydroxyl groups is 1. The predicted octanol–water partition coefficient (Wildman–Crippen LogP) is 7.13. The van der Waals surface area contributed by atoms with Crippen molar-refractivity contribution in [2.24, 2.45) is 0 Å². The number of carbonyl (C=O) groups is 2. The van der Waals surface area contributed by atoms with Crippen molar-refractivity contribution >= 4 is 45.9 Å². The molecule has 1 saturated heterocycles. The summed E-state index contributed by atoms with van der Waals surface area (Å²) in [4.78, 5) is 40.3. The van der Waals surface area contributed by atoms with Crippen LogP contribution in [0, 0.1) is 0 Å². The van der Waals surface area contributed by atoms with Crippen LogP contribution in [0.25, 0.3) is 22.0 Å². The first-order valence-electron chi connectivity index (χ1n) is 18.2. The summed E-state index contributed by atoms with van der Waals surface area (Å²) in [5.41, 5.74) is 5.41. The molecule has 11 nitrogen and oxygen atoms in total. The smallest absolute Gasteiger partial charge is 0.411 e. The fourth-order valence-corrected chi connectivity index (χ4v) is 7.07. The van der Waals surface area contributed by atoms with Crippen molar-refractivity contribution < 1.29 is 29.0 Å². The highest BCUT2D eigenvalue weighted by Gasteiger charge is 2.28. The number of H-pyrrole nitrogens is 1. The number of amides is 2. The number of aliphatic hydroxyl groups excluding tert-OH is 1. The van der Waals surface area contributed by atoms with Crippen molar-refractivity contribution in [3.05, 3.63) is 123 Å². The zero-order chi connectivity index (χ0) is 38.2. The number of phenolic OH excluding ortho intramolecular Hbond substituents is 1. The number of aromatic nitrogens is 1. The highest BCUT2D eigenvalue weighted by Crippen LogP contribution is 2.31. The van der Waals surface area contributed by atoms with Crippen molar-refractivity contribution in [3.63, 3.8) is 0 Å². The fraction of sp³-hybridized carbons (Fsp3) is 0.310.